The van der Waals surface area contributed by atoms with E-state index in [0.29, 0.717) is 6.61 Å². The lowest BCUT2D eigenvalue weighted by Crippen LogP contribution is -2.08. The second kappa shape index (κ2) is 9.86. The smallest absolute Gasteiger partial charge is 0.153 e. The van der Waals surface area contributed by atoms with Crippen LogP contribution in [0.25, 0.3) is 0 Å². The van der Waals surface area contributed by atoms with Gasteiger partial charge in [0.15, 0.2) is 6.29 Å². The van der Waals surface area contributed by atoms with Crippen LogP contribution >= 0.6 is 0 Å². The molecule has 0 bridgehead atoms. The molecule has 0 saturated heterocycles. The molecule has 0 aliphatic rings. The number of benzene rings is 1. The summed E-state index contributed by atoms with van der Waals surface area (Å²) in [5.74, 6) is 0.176. The van der Waals surface area contributed by atoms with Gasteiger partial charge in [0.2, 0.25) is 0 Å². The monoisotopic (exact) mass is 246 g/mol. The largest absolute Gasteiger partial charge is 0.508 e. The number of hydrogen-bond donors (Lipinski definition) is 4. The molecule has 0 aliphatic carbocycles. The molecule has 0 unspecified atom stereocenters. The van der Waals surface area contributed by atoms with Gasteiger partial charge in [-0.1, -0.05) is 6.07 Å². The fourth-order valence-corrected chi connectivity index (χ4v) is 0.789. The average molecular weight is 246 g/mol. The van der Waals surface area contributed by atoms with Crippen molar-refractivity contribution in [2.75, 3.05) is 13.2 Å². The lowest BCUT2D eigenvalue weighted by molar-refractivity contribution is -0.296. The summed E-state index contributed by atoms with van der Waals surface area (Å²) in [5, 5.41) is 33.8. The Kier molecular flexibility index (Phi) is 9.08. The highest BCUT2D eigenvalue weighted by Gasteiger charge is 1.95. The van der Waals surface area contributed by atoms with E-state index >= 15 is 0 Å². The predicted molar refractivity (Wildman–Crippen MR) is 60.2 cm³/mol. The van der Waals surface area contributed by atoms with Crippen molar-refractivity contribution < 1.29 is 30.2 Å². The summed E-state index contributed by atoms with van der Waals surface area (Å²) in [5.41, 5.74) is 0. The van der Waals surface area contributed by atoms with E-state index in [-0.39, 0.29) is 24.5 Å². The van der Waals surface area contributed by atoms with E-state index in [1.54, 1.807) is 13.0 Å². The molecule has 0 spiro atoms. The van der Waals surface area contributed by atoms with Crippen molar-refractivity contribution in [3.05, 3.63) is 24.3 Å². The van der Waals surface area contributed by atoms with Crippen molar-refractivity contribution in [2.45, 2.75) is 19.6 Å². The van der Waals surface area contributed by atoms with Crippen LogP contribution in [0.5, 0.6) is 11.5 Å². The first-order chi connectivity index (χ1) is 8.06. The summed E-state index contributed by atoms with van der Waals surface area (Å²) in [7, 11) is 0. The van der Waals surface area contributed by atoms with E-state index in [1.807, 2.05) is 0 Å². The second-order valence-corrected chi connectivity index (χ2v) is 3.02. The molecule has 6 heteroatoms. The van der Waals surface area contributed by atoms with Gasteiger partial charge in [-0.15, -0.1) is 0 Å². The third kappa shape index (κ3) is 10.9. The fraction of sp³-hybridized carbons (Fsp3) is 0.455. The Bertz CT molecular complexity index is 272. The van der Waals surface area contributed by atoms with Crippen LogP contribution in [-0.2, 0) is 9.78 Å². The highest BCUT2D eigenvalue weighted by molar-refractivity contribution is 5.30. The van der Waals surface area contributed by atoms with Gasteiger partial charge in [0.05, 0.1) is 13.2 Å². The van der Waals surface area contributed by atoms with Crippen LogP contribution in [-0.4, -0.2) is 39.9 Å². The third-order valence-electron chi connectivity index (χ3n) is 1.49. The molecule has 0 atom stereocenters. The summed E-state index contributed by atoms with van der Waals surface area (Å²) < 4.78 is 0. The molecule has 98 valence electrons. The minimum absolute atomic E-state index is 0.0880. The first-order valence-corrected chi connectivity index (χ1v) is 5.14. The van der Waals surface area contributed by atoms with Gasteiger partial charge in [-0.2, -0.15) is 0 Å². The van der Waals surface area contributed by atoms with E-state index in [2.05, 4.69) is 9.78 Å². The van der Waals surface area contributed by atoms with Crippen LogP contribution in [0, 0.1) is 0 Å². The third-order valence-corrected chi connectivity index (χ3v) is 1.49. The van der Waals surface area contributed by atoms with Crippen molar-refractivity contribution in [3.63, 3.8) is 0 Å². The molecule has 0 aliphatic heterocycles. The first kappa shape index (κ1) is 15.7. The summed E-state index contributed by atoms with van der Waals surface area (Å²) in [6.07, 6.45) is -1.12. The van der Waals surface area contributed by atoms with Crippen LogP contribution in [0.4, 0.5) is 0 Å². The van der Waals surface area contributed by atoms with E-state index in [9.17, 15) is 0 Å². The zero-order chi connectivity index (χ0) is 13.1. The van der Waals surface area contributed by atoms with Gasteiger partial charge in [-0.05, 0) is 19.1 Å². The van der Waals surface area contributed by atoms with Crippen LogP contribution in [0.3, 0.4) is 0 Å². The van der Waals surface area contributed by atoms with Gasteiger partial charge in [0.25, 0.3) is 0 Å². The van der Waals surface area contributed by atoms with Crippen molar-refractivity contribution in [1.82, 2.24) is 0 Å². The highest BCUT2D eigenvalue weighted by Crippen LogP contribution is 2.14. The summed E-state index contributed by atoms with van der Waals surface area (Å²) >= 11 is 0. The Morgan fingerprint density at radius 3 is 2.06 bits per heavy atom. The van der Waals surface area contributed by atoms with Crippen LogP contribution in [0.15, 0.2) is 24.3 Å². The van der Waals surface area contributed by atoms with Gasteiger partial charge in [0, 0.05) is 12.5 Å². The molecule has 17 heavy (non-hydrogen) atoms. The van der Waals surface area contributed by atoms with Gasteiger partial charge in [-0.25, -0.2) is 9.78 Å². The minimum Gasteiger partial charge on any atom is -0.508 e. The van der Waals surface area contributed by atoms with E-state index in [0.717, 1.165) is 0 Å². The first-order valence-electron chi connectivity index (χ1n) is 5.14. The zero-order valence-corrected chi connectivity index (χ0v) is 9.61. The quantitative estimate of drug-likeness (QED) is 0.265. The Morgan fingerprint density at radius 1 is 1.12 bits per heavy atom. The molecule has 6 nitrogen and oxygen atoms in total. The molecule has 1 rings (SSSR count). The van der Waals surface area contributed by atoms with Crippen LogP contribution in [0.2, 0.25) is 0 Å². The molecular formula is C11H18O6. The second-order valence-electron chi connectivity index (χ2n) is 3.02. The van der Waals surface area contributed by atoms with E-state index in [4.69, 9.17) is 20.4 Å². The van der Waals surface area contributed by atoms with Crippen molar-refractivity contribution >= 4 is 0 Å². The highest BCUT2D eigenvalue weighted by atomic mass is 17.2. The molecule has 1 aromatic rings. The van der Waals surface area contributed by atoms with Gasteiger partial charge >= 0.3 is 0 Å². The van der Waals surface area contributed by atoms with Crippen LogP contribution < -0.4 is 0 Å². The molecule has 0 heterocycles. The topological polar surface area (TPSA) is 99.4 Å². The number of aliphatic hydroxyl groups excluding tert-OH is 1. The number of aromatic hydroxyl groups is 2. The lowest BCUT2D eigenvalue weighted by Gasteiger charge is -2.02. The molecule has 0 amide bonds. The molecular weight excluding hydrogens is 228 g/mol. The average Bonchev–Trinajstić information content (AvgIpc) is 2.25. The molecule has 0 radical (unpaired) electrons. The van der Waals surface area contributed by atoms with Gasteiger partial charge < -0.3 is 20.4 Å². The summed E-state index contributed by atoms with van der Waals surface area (Å²) in [4.78, 5) is 8.94. The van der Waals surface area contributed by atoms with Crippen molar-refractivity contribution in [3.8, 4) is 11.5 Å². The number of phenolic OH excluding ortho intramolecular Hbond substituents is 2. The molecule has 4 N–H and O–H groups in total. The van der Waals surface area contributed by atoms with E-state index in [1.165, 1.54) is 18.2 Å². The number of hydrogen-bond acceptors (Lipinski definition) is 6. The van der Waals surface area contributed by atoms with Crippen molar-refractivity contribution in [2.24, 2.45) is 0 Å². The SMILES string of the molecule is CCOOCCC(O)O.Oc1cccc(O)c1. The number of phenols is 2. The number of aliphatic hydroxyl groups is 2. The Morgan fingerprint density at radius 2 is 1.71 bits per heavy atom. The van der Waals surface area contributed by atoms with Crippen LogP contribution in [0.1, 0.15) is 13.3 Å². The minimum atomic E-state index is -1.30. The zero-order valence-electron chi connectivity index (χ0n) is 9.61. The van der Waals surface area contributed by atoms with Gasteiger partial charge in [-0.3, -0.25) is 0 Å². The predicted octanol–water partition coefficient (Wildman–Crippen LogP) is 0.753. The molecule has 0 aromatic heterocycles. The maximum atomic E-state index is 8.65. The fourth-order valence-electron chi connectivity index (χ4n) is 0.789. The standard InChI is InChI=1S/C6H6O2.C5H12O4/c7-5-2-1-3-6(8)4-5;1-2-8-9-4-3-5(6)7/h1-4,7-8H;5-7H,2-4H2,1H3. The molecule has 0 fully saturated rings. The maximum absolute atomic E-state index is 8.65. The van der Waals surface area contributed by atoms with E-state index < -0.39 is 6.29 Å². The maximum Gasteiger partial charge on any atom is 0.153 e. The normalized spacial score (nSPS) is 9.88. The lowest BCUT2D eigenvalue weighted by atomic mass is 10.3. The van der Waals surface area contributed by atoms with Crippen molar-refractivity contribution in [1.29, 1.82) is 0 Å². The summed E-state index contributed by atoms with van der Waals surface area (Å²) in [6, 6.07) is 5.85. The van der Waals surface area contributed by atoms with Gasteiger partial charge in [0.1, 0.15) is 11.5 Å². The summed E-state index contributed by atoms with van der Waals surface area (Å²) in [6.45, 7) is 2.47. The Labute approximate surface area is 99.6 Å². The molecule has 1 aromatic carbocycles. The number of rotatable bonds is 5. The Hall–Kier alpha value is -1.34. The molecule has 0 saturated carbocycles. The Balaban J connectivity index is 0.000000302.